The summed E-state index contributed by atoms with van der Waals surface area (Å²) in [6.07, 6.45) is 0. The van der Waals surface area contributed by atoms with Gasteiger partial charge in [-0.25, -0.2) is 0 Å². The minimum atomic E-state index is -0.217. The van der Waals surface area contributed by atoms with Gasteiger partial charge in [0.2, 0.25) is 0 Å². The summed E-state index contributed by atoms with van der Waals surface area (Å²) < 4.78 is 5.01. The molecule has 0 aliphatic carbocycles. The van der Waals surface area contributed by atoms with Crippen molar-refractivity contribution in [2.24, 2.45) is 0 Å². The van der Waals surface area contributed by atoms with Crippen molar-refractivity contribution < 1.29 is 9.53 Å². The highest BCUT2D eigenvalue weighted by molar-refractivity contribution is 5.81. The van der Waals surface area contributed by atoms with Gasteiger partial charge >= 0.3 is 5.97 Å². The SMILES string of the molecule is C=C1N(CC(=O)OCC)c2ccccc2C1(C)C. The van der Waals surface area contributed by atoms with E-state index in [-0.39, 0.29) is 17.9 Å². The van der Waals surface area contributed by atoms with E-state index in [1.807, 2.05) is 30.0 Å². The summed E-state index contributed by atoms with van der Waals surface area (Å²) in [6, 6.07) is 8.10. The van der Waals surface area contributed by atoms with Gasteiger partial charge in [0.15, 0.2) is 0 Å². The van der Waals surface area contributed by atoms with Crippen LogP contribution in [0.15, 0.2) is 36.5 Å². The molecule has 0 amide bonds. The maximum absolute atomic E-state index is 11.7. The van der Waals surface area contributed by atoms with Crippen molar-refractivity contribution in [1.82, 2.24) is 0 Å². The lowest BCUT2D eigenvalue weighted by Crippen LogP contribution is -2.31. The summed E-state index contributed by atoms with van der Waals surface area (Å²) in [4.78, 5) is 13.6. The molecule has 1 heterocycles. The first-order chi connectivity index (χ1) is 8.48. The Morgan fingerprint density at radius 2 is 2.06 bits per heavy atom. The number of carbonyl (C=O) groups is 1. The van der Waals surface area contributed by atoms with E-state index >= 15 is 0 Å². The highest BCUT2D eigenvalue weighted by atomic mass is 16.5. The van der Waals surface area contributed by atoms with Crippen LogP contribution in [0.4, 0.5) is 5.69 Å². The highest BCUT2D eigenvalue weighted by Gasteiger charge is 2.39. The van der Waals surface area contributed by atoms with Crippen LogP contribution >= 0.6 is 0 Å². The molecule has 0 fully saturated rings. The second-order valence-electron chi connectivity index (χ2n) is 4.98. The molecule has 0 N–H and O–H groups in total. The third-order valence-electron chi connectivity index (χ3n) is 3.51. The first-order valence-electron chi connectivity index (χ1n) is 6.20. The van der Waals surface area contributed by atoms with Gasteiger partial charge in [0.25, 0.3) is 0 Å². The average Bonchev–Trinajstić information content (AvgIpc) is 2.52. The van der Waals surface area contributed by atoms with Gasteiger partial charge in [-0.15, -0.1) is 0 Å². The fraction of sp³-hybridized carbons (Fsp3) is 0.400. The Hall–Kier alpha value is -1.77. The molecule has 1 aliphatic rings. The number of allylic oxidation sites excluding steroid dienone is 1. The first kappa shape index (κ1) is 12.7. The predicted octanol–water partition coefficient (Wildman–Crippen LogP) is 2.86. The molecule has 2 rings (SSSR count). The molecular weight excluding hydrogens is 226 g/mol. The molecule has 0 bridgehead atoms. The van der Waals surface area contributed by atoms with Crippen molar-refractivity contribution >= 4 is 11.7 Å². The molecular formula is C15H19NO2. The van der Waals surface area contributed by atoms with E-state index in [1.54, 1.807) is 0 Å². The molecule has 1 aromatic rings. The van der Waals surface area contributed by atoms with Gasteiger partial charge < -0.3 is 9.64 Å². The molecule has 0 spiro atoms. The summed E-state index contributed by atoms with van der Waals surface area (Å²) in [7, 11) is 0. The van der Waals surface area contributed by atoms with Crippen LogP contribution in [-0.2, 0) is 14.9 Å². The van der Waals surface area contributed by atoms with Gasteiger partial charge in [0.05, 0.1) is 6.61 Å². The Morgan fingerprint density at radius 1 is 1.39 bits per heavy atom. The first-order valence-corrected chi connectivity index (χ1v) is 6.20. The van der Waals surface area contributed by atoms with E-state index in [4.69, 9.17) is 4.74 Å². The van der Waals surface area contributed by atoms with Crippen molar-refractivity contribution in [2.45, 2.75) is 26.2 Å². The molecule has 96 valence electrons. The summed E-state index contributed by atoms with van der Waals surface area (Å²) in [5.41, 5.74) is 3.07. The molecule has 1 aliphatic heterocycles. The highest BCUT2D eigenvalue weighted by Crippen LogP contribution is 2.46. The predicted molar refractivity (Wildman–Crippen MR) is 72.6 cm³/mol. The Bertz CT molecular complexity index is 491. The van der Waals surface area contributed by atoms with E-state index in [0.29, 0.717) is 6.61 Å². The number of benzene rings is 1. The van der Waals surface area contributed by atoms with Crippen LogP contribution in [0.25, 0.3) is 0 Å². The van der Waals surface area contributed by atoms with Gasteiger partial charge in [-0.3, -0.25) is 4.79 Å². The van der Waals surface area contributed by atoms with E-state index in [0.717, 1.165) is 11.4 Å². The van der Waals surface area contributed by atoms with Crippen molar-refractivity contribution in [2.75, 3.05) is 18.1 Å². The van der Waals surface area contributed by atoms with Crippen LogP contribution in [-0.4, -0.2) is 19.1 Å². The fourth-order valence-corrected chi connectivity index (χ4v) is 2.39. The Labute approximate surface area is 108 Å². The minimum absolute atomic E-state index is 0.136. The number of hydrogen-bond donors (Lipinski definition) is 0. The normalized spacial score (nSPS) is 16.6. The second-order valence-corrected chi connectivity index (χ2v) is 4.98. The number of hydrogen-bond acceptors (Lipinski definition) is 3. The zero-order valence-corrected chi connectivity index (χ0v) is 11.2. The number of anilines is 1. The average molecular weight is 245 g/mol. The summed E-state index contributed by atoms with van der Waals surface area (Å²) in [5, 5.41) is 0. The lowest BCUT2D eigenvalue weighted by atomic mass is 9.85. The molecule has 0 saturated heterocycles. The molecule has 0 unspecified atom stereocenters. The van der Waals surface area contributed by atoms with Crippen LogP contribution in [0.5, 0.6) is 0 Å². The van der Waals surface area contributed by atoms with Crippen molar-refractivity contribution in [1.29, 1.82) is 0 Å². The van der Waals surface area contributed by atoms with E-state index < -0.39 is 0 Å². The number of esters is 1. The number of fused-ring (bicyclic) bond motifs is 1. The summed E-state index contributed by atoms with van der Waals surface area (Å²) in [6.45, 7) is 10.8. The summed E-state index contributed by atoms with van der Waals surface area (Å²) in [5.74, 6) is -0.217. The van der Waals surface area contributed by atoms with E-state index in [9.17, 15) is 4.79 Å². The second kappa shape index (κ2) is 4.48. The molecule has 0 radical (unpaired) electrons. The topological polar surface area (TPSA) is 29.5 Å². The third kappa shape index (κ3) is 1.90. The van der Waals surface area contributed by atoms with Crippen LogP contribution in [0.3, 0.4) is 0 Å². The zero-order valence-electron chi connectivity index (χ0n) is 11.2. The third-order valence-corrected chi connectivity index (χ3v) is 3.51. The largest absolute Gasteiger partial charge is 0.465 e. The minimum Gasteiger partial charge on any atom is -0.465 e. The summed E-state index contributed by atoms with van der Waals surface area (Å²) >= 11 is 0. The molecule has 3 heteroatoms. The number of carbonyl (C=O) groups excluding carboxylic acids is 1. The van der Waals surface area contributed by atoms with Crippen LogP contribution in [0.1, 0.15) is 26.3 Å². The van der Waals surface area contributed by atoms with Crippen molar-refractivity contribution in [3.05, 3.63) is 42.1 Å². The molecule has 1 aromatic carbocycles. The monoisotopic (exact) mass is 245 g/mol. The molecule has 0 saturated carbocycles. The standard InChI is InChI=1S/C15H19NO2/c1-5-18-14(17)10-16-11(2)15(3,4)12-8-6-7-9-13(12)16/h6-9H,2,5,10H2,1,3-4H3. The lowest BCUT2D eigenvalue weighted by Gasteiger charge is -2.24. The molecule has 0 aromatic heterocycles. The van der Waals surface area contributed by atoms with Crippen LogP contribution in [0.2, 0.25) is 0 Å². The number of rotatable bonds is 3. The number of para-hydroxylation sites is 1. The van der Waals surface area contributed by atoms with Crippen molar-refractivity contribution in [3.63, 3.8) is 0 Å². The van der Waals surface area contributed by atoms with E-state index in [1.165, 1.54) is 5.56 Å². The molecule has 3 nitrogen and oxygen atoms in total. The van der Waals surface area contributed by atoms with Gasteiger partial charge in [-0.2, -0.15) is 0 Å². The van der Waals surface area contributed by atoms with Crippen LogP contribution < -0.4 is 4.90 Å². The van der Waals surface area contributed by atoms with Crippen LogP contribution in [0, 0.1) is 0 Å². The maximum Gasteiger partial charge on any atom is 0.325 e. The van der Waals surface area contributed by atoms with E-state index in [2.05, 4.69) is 26.5 Å². The zero-order chi connectivity index (χ0) is 13.3. The van der Waals surface area contributed by atoms with Crippen molar-refractivity contribution in [3.8, 4) is 0 Å². The quantitative estimate of drug-likeness (QED) is 0.767. The number of ether oxygens (including phenoxy) is 1. The Balaban J connectivity index is 2.33. The Kier molecular flexibility index (Phi) is 3.16. The van der Waals surface area contributed by atoms with Gasteiger partial charge in [0, 0.05) is 16.8 Å². The van der Waals surface area contributed by atoms with Gasteiger partial charge in [0.1, 0.15) is 6.54 Å². The molecule has 18 heavy (non-hydrogen) atoms. The Morgan fingerprint density at radius 3 is 2.72 bits per heavy atom. The van der Waals surface area contributed by atoms with Gasteiger partial charge in [-0.1, -0.05) is 38.6 Å². The maximum atomic E-state index is 11.7. The van der Waals surface area contributed by atoms with Gasteiger partial charge in [-0.05, 0) is 18.6 Å². The smallest absolute Gasteiger partial charge is 0.325 e. The molecule has 0 atom stereocenters. The lowest BCUT2D eigenvalue weighted by molar-refractivity contribution is -0.141. The number of nitrogens with zero attached hydrogens (tertiary/aromatic N) is 1. The fourth-order valence-electron chi connectivity index (χ4n) is 2.39.